The highest BCUT2D eigenvalue weighted by molar-refractivity contribution is 5.88. The standard InChI is InChI=1S/C15H16N2O/c16-11-15(7-8-15)14(18)17-9-3-6-12-4-1-2-5-13(12)10-17/h1-2,4-5H,3,6-10H2. The number of nitrogens with zero attached hydrogens (tertiary/aromatic N) is 2. The summed E-state index contributed by atoms with van der Waals surface area (Å²) in [6, 6.07) is 10.5. The van der Waals surface area contributed by atoms with Crippen LogP contribution in [0.25, 0.3) is 0 Å². The smallest absolute Gasteiger partial charge is 0.243 e. The molecule has 1 aromatic carbocycles. The number of aryl methyl sites for hydroxylation is 1. The van der Waals surface area contributed by atoms with Crippen molar-refractivity contribution in [3.05, 3.63) is 35.4 Å². The number of fused-ring (bicyclic) bond motifs is 1. The van der Waals surface area contributed by atoms with Crippen LogP contribution in [0.15, 0.2) is 24.3 Å². The Bertz CT molecular complexity index is 526. The minimum atomic E-state index is -0.681. The molecule has 1 aliphatic carbocycles. The molecule has 1 saturated carbocycles. The van der Waals surface area contributed by atoms with Gasteiger partial charge in [-0.25, -0.2) is 0 Å². The van der Waals surface area contributed by atoms with E-state index in [2.05, 4.69) is 18.2 Å². The molecule has 0 unspecified atom stereocenters. The zero-order valence-corrected chi connectivity index (χ0v) is 10.4. The van der Waals surface area contributed by atoms with E-state index in [-0.39, 0.29) is 5.91 Å². The molecule has 0 radical (unpaired) electrons. The number of hydrogen-bond acceptors (Lipinski definition) is 2. The van der Waals surface area contributed by atoms with E-state index in [9.17, 15) is 4.79 Å². The van der Waals surface area contributed by atoms with Gasteiger partial charge < -0.3 is 4.90 Å². The molecule has 0 saturated heterocycles. The van der Waals surface area contributed by atoms with E-state index >= 15 is 0 Å². The average molecular weight is 240 g/mol. The van der Waals surface area contributed by atoms with Crippen LogP contribution in [0.1, 0.15) is 30.4 Å². The first-order chi connectivity index (χ1) is 8.75. The lowest BCUT2D eigenvalue weighted by Crippen LogP contribution is -2.36. The second kappa shape index (κ2) is 4.13. The average Bonchev–Trinajstić information content (AvgIpc) is 3.21. The third-order valence-corrected chi connectivity index (χ3v) is 4.01. The number of hydrogen-bond donors (Lipinski definition) is 0. The zero-order chi connectivity index (χ0) is 12.6. The van der Waals surface area contributed by atoms with Crippen LogP contribution in [0.5, 0.6) is 0 Å². The van der Waals surface area contributed by atoms with Crippen LogP contribution in [0, 0.1) is 16.7 Å². The highest BCUT2D eigenvalue weighted by atomic mass is 16.2. The van der Waals surface area contributed by atoms with Crippen molar-refractivity contribution in [2.45, 2.75) is 32.2 Å². The number of carbonyl (C=O) groups is 1. The molecule has 1 aromatic rings. The number of rotatable bonds is 1. The molecule has 3 nitrogen and oxygen atoms in total. The van der Waals surface area contributed by atoms with Gasteiger partial charge in [0.1, 0.15) is 5.41 Å². The van der Waals surface area contributed by atoms with Gasteiger partial charge in [-0.2, -0.15) is 5.26 Å². The van der Waals surface area contributed by atoms with Gasteiger partial charge >= 0.3 is 0 Å². The van der Waals surface area contributed by atoms with Crippen LogP contribution < -0.4 is 0 Å². The normalized spacial score (nSPS) is 20.5. The molecule has 1 aliphatic heterocycles. The number of amides is 1. The highest BCUT2D eigenvalue weighted by Gasteiger charge is 2.52. The van der Waals surface area contributed by atoms with Gasteiger partial charge in [0.15, 0.2) is 0 Å². The fourth-order valence-electron chi connectivity index (χ4n) is 2.68. The first-order valence-electron chi connectivity index (χ1n) is 6.53. The summed E-state index contributed by atoms with van der Waals surface area (Å²) in [5, 5.41) is 9.13. The molecular weight excluding hydrogens is 224 g/mol. The first kappa shape index (κ1) is 11.3. The van der Waals surface area contributed by atoms with Crippen LogP contribution in [-0.4, -0.2) is 17.4 Å². The van der Waals surface area contributed by atoms with Crippen LogP contribution in [0.4, 0.5) is 0 Å². The molecule has 0 spiro atoms. The molecule has 3 rings (SSSR count). The number of nitriles is 1. The molecule has 0 aromatic heterocycles. The molecule has 1 fully saturated rings. The van der Waals surface area contributed by atoms with Crippen LogP contribution in [-0.2, 0) is 17.8 Å². The van der Waals surface area contributed by atoms with Gasteiger partial charge in [-0.15, -0.1) is 0 Å². The van der Waals surface area contributed by atoms with Crippen molar-refractivity contribution in [3.63, 3.8) is 0 Å². The molecule has 0 atom stereocenters. The summed E-state index contributed by atoms with van der Waals surface area (Å²) < 4.78 is 0. The lowest BCUT2D eigenvalue weighted by molar-refractivity contribution is -0.135. The van der Waals surface area contributed by atoms with Crippen LogP contribution >= 0.6 is 0 Å². The molecule has 92 valence electrons. The molecule has 0 N–H and O–H groups in total. The van der Waals surface area contributed by atoms with Gasteiger partial charge in [-0.1, -0.05) is 24.3 Å². The van der Waals surface area contributed by atoms with E-state index in [1.54, 1.807) is 0 Å². The quantitative estimate of drug-likeness (QED) is 0.755. The molecular formula is C15H16N2O. The topological polar surface area (TPSA) is 44.1 Å². The second-order valence-corrected chi connectivity index (χ2v) is 5.29. The van der Waals surface area contributed by atoms with Crippen molar-refractivity contribution in [1.29, 1.82) is 5.26 Å². The Morgan fingerprint density at radius 2 is 2.00 bits per heavy atom. The minimum absolute atomic E-state index is 0.0432. The maximum absolute atomic E-state index is 12.4. The predicted molar refractivity (Wildman–Crippen MR) is 67.5 cm³/mol. The lowest BCUT2D eigenvalue weighted by Gasteiger charge is -2.23. The molecule has 2 aliphatic rings. The van der Waals surface area contributed by atoms with Gasteiger partial charge in [0.25, 0.3) is 0 Å². The maximum Gasteiger partial charge on any atom is 0.243 e. The first-order valence-corrected chi connectivity index (χ1v) is 6.53. The minimum Gasteiger partial charge on any atom is -0.337 e. The summed E-state index contributed by atoms with van der Waals surface area (Å²) in [7, 11) is 0. The Kier molecular flexibility index (Phi) is 2.59. The summed E-state index contributed by atoms with van der Waals surface area (Å²) in [5.74, 6) is 0.0432. The predicted octanol–water partition coefficient (Wildman–Crippen LogP) is 2.27. The Hall–Kier alpha value is -1.82. The van der Waals surface area contributed by atoms with E-state index in [1.165, 1.54) is 11.1 Å². The Balaban J connectivity index is 1.84. The van der Waals surface area contributed by atoms with Crippen LogP contribution in [0.3, 0.4) is 0 Å². The van der Waals surface area contributed by atoms with Gasteiger partial charge in [-0.3, -0.25) is 4.79 Å². The Morgan fingerprint density at radius 1 is 1.28 bits per heavy atom. The molecule has 1 amide bonds. The van der Waals surface area contributed by atoms with E-state index < -0.39 is 5.41 Å². The van der Waals surface area contributed by atoms with Crippen molar-refractivity contribution in [1.82, 2.24) is 4.90 Å². The monoisotopic (exact) mass is 240 g/mol. The van der Waals surface area contributed by atoms with Crippen molar-refractivity contribution in [3.8, 4) is 6.07 Å². The second-order valence-electron chi connectivity index (χ2n) is 5.29. The van der Waals surface area contributed by atoms with Crippen molar-refractivity contribution in [2.75, 3.05) is 6.54 Å². The summed E-state index contributed by atoms with van der Waals surface area (Å²) >= 11 is 0. The lowest BCUT2D eigenvalue weighted by atomic mass is 10.0. The van der Waals surface area contributed by atoms with Gasteiger partial charge in [-0.05, 0) is 36.8 Å². The van der Waals surface area contributed by atoms with E-state index in [0.29, 0.717) is 6.54 Å². The molecule has 18 heavy (non-hydrogen) atoms. The third-order valence-electron chi connectivity index (χ3n) is 4.01. The third kappa shape index (κ3) is 1.78. The molecule has 1 heterocycles. The van der Waals surface area contributed by atoms with Gasteiger partial charge in [0, 0.05) is 13.1 Å². The molecule has 3 heteroatoms. The summed E-state index contributed by atoms with van der Waals surface area (Å²) in [4.78, 5) is 14.3. The Morgan fingerprint density at radius 3 is 2.67 bits per heavy atom. The van der Waals surface area contributed by atoms with Crippen molar-refractivity contribution >= 4 is 5.91 Å². The summed E-state index contributed by atoms with van der Waals surface area (Å²) in [6.07, 6.45) is 3.49. The van der Waals surface area contributed by atoms with Crippen molar-refractivity contribution < 1.29 is 4.79 Å². The summed E-state index contributed by atoms with van der Waals surface area (Å²) in [5.41, 5.74) is 1.89. The van der Waals surface area contributed by atoms with E-state index in [1.807, 2.05) is 17.0 Å². The number of benzene rings is 1. The Labute approximate surface area is 107 Å². The van der Waals surface area contributed by atoms with Crippen LogP contribution in [0.2, 0.25) is 0 Å². The largest absolute Gasteiger partial charge is 0.337 e. The van der Waals surface area contributed by atoms with Crippen molar-refractivity contribution in [2.24, 2.45) is 5.41 Å². The fourth-order valence-corrected chi connectivity index (χ4v) is 2.68. The summed E-state index contributed by atoms with van der Waals surface area (Å²) in [6.45, 7) is 1.44. The van der Waals surface area contributed by atoms with E-state index in [0.717, 1.165) is 32.2 Å². The SMILES string of the molecule is N#CC1(C(=O)N2CCCc3ccccc3C2)CC1. The number of carbonyl (C=O) groups excluding carboxylic acids is 1. The van der Waals surface area contributed by atoms with Gasteiger partial charge in [0.05, 0.1) is 6.07 Å². The zero-order valence-electron chi connectivity index (χ0n) is 10.4. The fraction of sp³-hybridized carbons (Fsp3) is 0.467. The molecule has 0 bridgehead atoms. The van der Waals surface area contributed by atoms with Gasteiger partial charge in [0.2, 0.25) is 5.91 Å². The maximum atomic E-state index is 12.4. The van der Waals surface area contributed by atoms with E-state index in [4.69, 9.17) is 5.26 Å². The highest BCUT2D eigenvalue weighted by Crippen LogP contribution is 2.46.